The number of isothiocyanates is 1. The van der Waals surface area contributed by atoms with Gasteiger partial charge in [0.2, 0.25) is 0 Å². The van der Waals surface area contributed by atoms with Gasteiger partial charge in [-0.05, 0) is 18.3 Å². The molecule has 0 bridgehead atoms. The normalized spacial score (nSPS) is 9.92. The number of fused-ring (bicyclic) bond motifs is 1. The second-order valence-corrected chi connectivity index (χ2v) is 3.03. The molecule has 1 aromatic heterocycles. The molecule has 2 aromatic rings. The van der Waals surface area contributed by atoms with Gasteiger partial charge in [-0.15, -0.1) is 0 Å². The molecule has 3 heteroatoms. The molecule has 0 aliphatic heterocycles. The van der Waals surface area contributed by atoms with Crippen molar-refractivity contribution in [2.75, 3.05) is 0 Å². The van der Waals surface area contributed by atoms with E-state index in [0.717, 1.165) is 16.6 Å². The van der Waals surface area contributed by atoms with Crippen LogP contribution in [0.2, 0.25) is 0 Å². The van der Waals surface area contributed by atoms with E-state index >= 15 is 0 Å². The third-order valence-electron chi connectivity index (χ3n) is 2.04. The van der Waals surface area contributed by atoms with E-state index in [1.807, 2.05) is 36.0 Å². The molecule has 13 heavy (non-hydrogen) atoms. The number of thiocarbonyl (C=S) groups is 1. The number of hydrogen-bond acceptors (Lipinski definition) is 2. The summed E-state index contributed by atoms with van der Waals surface area (Å²) < 4.78 is 2.03. The fourth-order valence-electron chi connectivity index (χ4n) is 1.46. The van der Waals surface area contributed by atoms with Crippen LogP contribution in [0.5, 0.6) is 0 Å². The highest BCUT2D eigenvalue weighted by molar-refractivity contribution is 7.78. The van der Waals surface area contributed by atoms with Crippen LogP contribution < -0.4 is 0 Å². The lowest BCUT2D eigenvalue weighted by Gasteiger charge is -1.92. The highest BCUT2D eigenvalue weighted by Gasteiger charge is 2.02. The molecule has 0 fully saturated rings. The summed E-state index contributed by atoms with van der Waals surface area (Å²) in [5.74, 6) is 0. The maximum Gasteiger partial charge on any atom is 0.0994 e. The van der Waals surface area contributed by atoms with Gasteiger partial charge in [0, 0.05) is 18.6 Å². The summed E-state index contributed by atoms with van der Waals surface area (Å²) in [7, 11) is 1.99. The van der Waals surface area contributed by atoms with Gasteiger partial charge in [0.05, 0.1) is 16.4 Å². The highest BCUT2D eigenvalue weighted by atomic mass is 32.1. The average molecular weight is 188 g/mol. The van der Waals surface area contributed by atoms with Crippen LogP contribution in [0, 0.1) is 0 Å². The van der Waals surface area contributed by atoms with E-state index in [-0.39, 0.29) is 0 Å². The van der Waals surface area contributed by atoms with Crippen molar-refractivity contribution in [2.45, 2.75) is 0 Å². The lowest BCUT2D eigenvalue weighted by Crippen LogP contribution is -1.81. The molecule has 0 aliphatic carbocycles. The van der Waals surface area contributed by atoms with Crippen molar-refractivity contribution in [2.24, 2.45) is 12.0 Å². The Morgan fingerprint density at radius 1 is 1.38 bits per heavy atom. The molecule has 0 saturated heterocycles. The predicted molar refractivity (Wildman–Crippen MR) is 57.6 cm³/mol. The zero-order valence-electron chi connectivity index (χ0n) is 7.19. The molecule has 0 radical (unpaired) electrons. The van der Waals surface area contributed by atoms with Crippen molar-refractivity contribution in [3.05, 3.63) is 30.5 Å². The van der Waals surface area contributed by atoms with Gasteiger partial charge in [0.1, 0.15) is 0 Å². The second-order valence-electron chi connectivity index (χ2n) is 2.85. The van der Waals surface area contributed by atoms with Gasteiger partial charge >= 0.3 is 0 Å². The monoisotopic (exact) mass is 188 g/mol. The average Bonchev–Trinajstić information content (AvgIpc) is 2.46. The second kappa shape index (κ2) is 3.13. The Bertz CT molecular complexity index is 493. The first-order valence-electron chi connectivity index (χ1n) is 3.95. The molecule has 0 saturated carbocycles. The number of rotatable bonds is 1. The maximum absolute atomic E-state index is 4.58. The largest absolute Gasteiger partial charge is 0.348 e. The molecule has 0 unspecified atom stereocenters. The summed E-state index contributed by atoms with van der Waals surface area (Å²) >= 11 is 4.58. The molecular formula is C10H8N2S. The number of hydrogen-bond donors (Lipinski definition) is 0. The summed E-state index contributed by atoms with van der Waals surface area (Å²) in [6.07, 6.45) is 1.95. The van der Waals surface area contributed by atoms with Gasteiger partial charge in [-0.25, -0.2) is 0 Å². The lowest BCUT2D eigenvalue weighted by atomic mass is 10.2. The van der Waals surface area contributed by atoms with E-state index < -0.39 is 0 Å². The van der Waals surface area contributed by atoms with Crippen LogP contribution in [0.1, 0.15) is 0 Å². The summed E-state index contributed by atoms with van der Waals surface area (Å²) in [4.78, 5) is 4.00. The zero-order valence-corrected chi connectivity index (χ0v) is 8.01. The molecule has 0 spiro atoms. The fourth-order valence-corrected chi connectivity index (χ4v) is 1.56. The SMILES string of the molecule is Cn1cc(N=C=S)c2ccccc21. The van der Waals surface area contributed by atoms with Crippen molar-refractivity contribution in [1.29, 1.82) is 0 Å². The van der Waals surface area contributed by atoms with Crippen LogP contribution >= 0.6 is 12.2 Å². The van der Waals surface area contributed by atoms with E-state index in [1.54, 1.807) is 0 Å². The third-order valence-corrected chi connectivity index (χ3v) is 2.13. The Morgan fingerprint density at radius 2 is 2.15 bits per heavy atom. The van der Waals surface area contributed by atoms with Crippen LogP contribution in [0.25, 0.3) is 10.9 Å². The van der Waals surface area contributed by atoms with Gasteiger partial charge in [-0.2, -0.15) is 4.99 Å². The minimum Gasteiger partial charge on any atom is -0.348 e. The van der Waals surface area contributed by atoms with Crippen LogP contribution in [-0.4, -0.2) is 9.73 Å². The van der Waals surface area contributed by atoms with Gasteiger partial charge in [-0.1, -0.05) is 18.2 Å². The summed E-state index contributed by atoms with van der Waals surface area (Å²) in [5, 5.41) is 3.50. The molecule has 64 valence electrons. The van der Waals surface area contributed by atoms with Crippen LogP contribution in [0.4, 0.5) is 5.69 Å². The number of aliphatic imine (C=N–C) groups is 1. The lowest BCUT2D eigenvalue weighted by molar-refractivity contribution is 0.969. The first-order valence-corrected chi connectivity index (χ1v) is 4.35. The Morgan fingerprint density at radius 3 is 2.92 bits per heavy atom. The van der Waals surface area contributed by atoms with E-state index in [4.69, 9.17) is 0 Å². The van der Waals surface area contributed by atoms with Gasteiger partial charge in [0.25, 0.3) is 0 Å². The molecular weight excluding hydrogens is 180 g/mol. The molecule has 0 aliphatic rings. The number of aromatic nitrogens is 1. The summed E-state index contributed by atoms with van der Waals surface area (Å²) in [5.41, 5.74) is 2.04. The molecule has 2 rings (SSSR count). The zero-order chi connectivity index (χ0) is 9.26. The first kappa shape index (κ1) is 8.17. The number of para-hydroxylation sites is 1. The van der Waals surface area contributed by atoms with E-state index in [1.165, 1.54) is 0 Å². The minimum absolute atomic E-state index is 0.883. The van der Waals surface area contributed by atoms with Crippen molar-refractivity contribution < 1.29 is 0 Å². The Hall–Kier alpha value is -1.44. The predicted octanol–water partition coefficient (Wildman–Crippen LogP) is 2.91. The molecule has 1 heterocycles. The minimum atomic E-state index is 0.883. The highest BCUT2D eigenvalue weighted by Crippen LogP contribution is 2.26. The molecule has 1 aromatic carbocycles. The molecule has 0 N–H and O–H groups in total. The topological polar surface area (TPSA) is 17.3 Å². The quantitative estimate of drug-likeness (QED) is 0.497. The van der Waals surface area contributed by atoms with Crippen molar-refractivity contribution in [3.63, 3.8) is 0 Å². The van der Waals surface area contributed by atoms with Crippen molar-refractivity contribution in [3.8, 4) is 0 Å². The molecule has 2 nitrogen and oxygen atoms in total. The van der Waals surface area contributed by atoms with Crippen LogP contribution in [0.15, 0.2) is 35.5 Å². The Labute approximate surface area is 81.5 Å². The maximum atomic E-state index is 4.58. The number of aryl methyl sites for hydroxylation is 1. The number of nitrogens with zero attached hydrogens (tertiary/aromatic N) is 2. The standard InChI is InChI=1S/C10H8N2S/c1-12-6-9(11-7-13)8-4-2-3-5-10(8)12/h2-6H,1H3. The van der Waals surface area contributed by atoms with Crippen LogP contribution in [-0.2, 0) is 7.05 Å². The van der Waals surface area contributed by atoms with Crippen molar-refractivity contribution >= 4 is 34.0 Å². The third kappa shape index (κ3) is 1.28. The van der Waals surface area contributed by atoms with Gasteiger partial charge < -0.3 is 4.57 Å². The van der Waals surface area contributed by atoms with Gasteiger partial charge in [0.15, 0.2) is 0 Å². The molecule has 0 atom stereocenters. The fraction of sp³-hybridized carbons (Fsp3) is 0.100. The van der Waals surface area contributed by atoms with Crippen LogP contribution in [0.3, 0.4) is 0 Å². The number of benzene rings is 1. The van der Waals surface area contributed by atoms with Crippen molar-refractivity contribution in [1.82, 2.24) is 4.57 Å². The van der Waals surface area contributed by atoms with E-state index in [0.29, 0.717) is 0 Å². The Kier molecular flexibility index (Phi) is 1.97. The van der Waals surface area contributed by atoms with E-state index in [9.17, 15) is 0 Å². The Balaban J connectivity index is 2.85. The molecule has 0 amide bonds. The first-order chi connectivity index (χ1) is 6.33. The smallest absolute Gasteiger partial charge is 0.0994 e. The summed E-state index contributed by atoms with van der Waals surface area (Å²) in [6, 6.07) is 8.08. The van der Waals surface area contributed by atoms with E-state index in [2.05, 4.69) is 28.4 Å². The van der Waals surface area contributed by atoms with Gasteiger partial charge in [-0.3, -0.25) is 0 Å². The summed E-state index contributed by atoms with van der Waals surface area (Å²) in [6.45, 7) is 0.